The molecule has 0 aromatic heterocycles. The molecule has 0 amide bonds. The summed E-state index contributed by atoms with van der Waals surface area (Å²) >= 11 is 0. The van der Waals surface area contributed by atoms with Gasteiger partial charge in [-0.3, -0.25) is 0 Å². The number of quaternary nitrogens is 2. The fraction of sp³-hybridized carbons (Fsp3) is 0.600. The number of phenols is 1. The number of aromatic hydroxyl groups is 1. The van der Waals surface area contributed by atoms with Crippen molar-refractivity contribution >= 4 is 20.2 Å². The van der Waals surface area contributed by atoms with Crippen molar-refractivity contribution in [2.45, 2.75) is 11.0 Å². The van der Waals surface area contributed by atoms with Crippen LogP contribution in [0.3, 0.4) is 0 Å². The van der Waals surface area contributed by atoms with Crippen LogP contribution in [0.2, 0.25) is 0 Å². The van der Waals surface area contributed by atoms with Crippen LogP contribution in [0.15, 0.2) is 30.3 Å². The number of benzene rings is 1. The molecule has 2 bridgehead atoms. The predicted octanol–water partition coefficient (Wildman–Crippen LogP) is 1.66. The molecular weight excluding hydrogens is 517 g/mol. The highest BCUT2D eigenvalue weighted by Gasteiger charge is 2.48. The largest absolute Gasteiger partial charge is 0.741 e. The molecule has 0 unspecified atom stereocenters. The Balaban J connectivity index is 0.000000418. The number of fused-ring (bicyclic) bond motifs is 3. The Hall–Kier alpha value is -1.73. The number of likely N-dealkylation sites (N-methyl/N-ethyl adjacent to an activating group) is 1. The van der Waals surface area contributed by atoms with Crippen molar-refractivity contribution in [1.29, 1.82) is 0 Å². The minimum atomic E-state index is -6.09. The van der Waals surface area contributed by atoms with Crippen molar-refractivity contribution in [3.8, 4) is 5.75 Å². The average Bonchev–Trinajstić information content (AvgIpc) is 2.62. The van der Waals surface area contributed by atoms with Crippen LogP contribution in [0, 0.1) is 0 Å². The van der Waals surface area contributed by atoms with E-state index < -0.39 is 31.3 Å². The van der Waals surface area contributed by atoms with Gasteiger partial charge in [0.2, 0.25) is 0 Å². The Morgan fingerprint density at radius 3 is 1.18 bits per heavy atom. The van der Waals surface area contributed by atoms with Gasteiger partial charge in [-0.1, -0.05) is 18.2 Å². The van der Waals surface area contributed by atoms with Gasteiger partial charge in [-0.15, -0.1) is 4.71 Å². The number of hydrogen-bond acceptors (Lipinski definition) is 7. The van der Waals surface area contributed by atoms with Crippen LogP contribution in [0.5, 0.6) is 5.75 Å². The predicted molar refractivity (Wildman–Crippen MR) is 96.4 cm³/mol. The Kier molecular flexibility index (Phi) is 10.5. The topological polar surface area (TPSA) is 135 Å². The average molecular weight is 538 g/mol. The molecule has 0 atom stereocenters. The summed E-state index contributed by atoms with van der Waals surface area (Å²) in [4.78, 5) is 0. The van der Waals surface area contributed by atoms with E-state index in [9.17, 15) is 30.8 Å². The summed E-state index contributed by atoms with van der Waals surface area (Å²) in [6.45, 7) is 5.35. The molecule has 0 saturated carbocycles. The number of piperazine rings is 3. The number of phenolic OH excluding ortho intramolecular Hbond substituents is 1. The highest BCUT2D eigenvalue weighted by atomic mass is 32.2. The maximum Gasteiger partial charge on any atom is 0.485 e. The second-order valence-corrected chi connectivity index (χ2v) is 9.87. The normalized spacial score (nSPS) is 24.8. The molecule has 3 heterocycles. The Morgan fingerprint density at radius 2 is 1.03 bits per heavy atom. The second-order valence-electron chi connectivity index (χ2n) is 7.13. The molecule has 18 heteroatoms. The fourth-order valence-corrected chi connectivity index (χ4v) is 2.36. The van der Waals surface area contributed by atoms with Crippen molar-refractivity contribution in [2.24, 2.45) is 0 Å². The highest BCUT2D eigenvalue weighted by molar-refractivity contribution is 7.86. The van der Waals surface area contributed by atoms with E-state index in [0.717, 1.165) is 43.8 Å². The maximum absolute atomic E-state index is 13.4. The summed E-state index contributed by atoms with van der Waals surface area (Å²) < 4.78 is 132. The maximum atomic E-state index is 13.4. The van der Waals surface area contributed by atoms with Gasteiger partial charge in [0.15, 0.2) is 39.9 Å². The summed E-state index contributed by atoms with van der Waals surface area (Å²) in [5.41, 5.74) is -11.3. The number of nitrogens with zero attached hydrogens (tertiary/aromatic N) is 2. The summed E-state index contributed by atoms with van der Waals surface area (Å²) in [7, 11) is -9.94. The molecular formula is C15H21F7N2O7S2. The molecule has 3 aliphatic rings. The first-order valence-corrected chi connectivity index (χ1v) is 11.5. The van der Waals surface area contributed by atoms with E-state index in [1.54, 1.807) is 24.3 Å². The van der Waals surface area contributed by atoms with E-state index >= 15 is 0 Å². The standard InChI is InChI=1S/C7H15FN2.C6H6O.2CHF3O3S/c1-9-2-5-10(8,6-3-9)7-4-9;7-6-4-2-1-3-5-6;2*2-1(3,4)8(5,6)7/h2-7H2,1H3;1-5,7H;2*(H,5,6,7)/q+2;;;/p-2. The van der Waals surface area contributed by atoms with Gasteiger partial charge in [-0.25, -0.2) is 16.8 Å². The summed E-state index contributed by atoms with van der Waals surface area (Å²) in [5, 5.41) is 8.63. The number of alkyl halides is 6. The first-order chi connectivity index (χ1) is 14.5. The third-order valence-corrected chi connectivity index (χ3v) is 5.58. The van der Waals surface area contributed by atoms with Gasteiger partial charge in [0.1, 0.15) is 25.4 Å². The lowest BCUT2D eigenvalue weighted by atomic mass is 10.2. The zero-order valence-electron chi connectivity index (χ0n) is 16.9. The van der Waals surface area contributed by atoms with E-state index in [0.29, 0.717) is 5.75 Å². The molecule has 3 saturated heterocycles. The van der Waals surface area contributed by atoms with E-state index in [1.165, 1.54) is 0 Å². The molecule has 0 aliphatic carbocycles. The van der Waals surface area contributed by atoms with Gasteiger partial charge in [0, 0.05) is 0 Å². The highest BCUT2D eigenvalue weighted by Crippen LogP contribution is 2.24. The zero-order valence-corrected chi connectivity index (χ0v) is 18.5. The first kappa shape index (κ1) is 31.3. The van der Waals surface area contributed by atoms with Gasteiger partial charge in [0.25, 0.3) is 0 Å². The number of halogens is 7. The minimum Gasteiger partial charge on any atom is -0.741 e. The van der Waals surface area contributed by atoms with Gasteiger partial charge in [-0.05, 0) is 16.6 Å². The molecule has 1 aromatic carbocycles. The molecule has 1 aromatic rings. The Labute approximate surface area is 185 Å². The molecule has 9 nitrogen and oxygen atoms in total. The lowest BCUT2D eigenvalue weighted by molar-refractivity contribution is -1.14. The van der Waals surface area contributed by atoms with E-state index in [-0.39, 0.29) is 4.71 Å². The van der Waals surface area contributed by atoms with Crippen molar-refractivity contribution in [3.63, 3.8) is 0 Å². The lowest BCUT2D eigenvalue weighted by Gasteiger charge is -2.47. The SMILES string of the molecule is C[N+]12CC[N+](F)(CC1)CC2.O=S(=O)([O-])C(F)(F)F.O=S(=O)([O-])C(F)(F)F.Oc1ccccc1. The monoisotopic (exact) mass is 538 g/mol. The summed E-state index contributed by atoms with van der Waals surface area (Å²) in [5.74, 6) is 0.322. The quantitative estimate of drug-likeness (QED) is 0.175. The van der Waals surface area contributed by atoms with Crippen LogP contribution in [0.25, 0.3) is 0 Å². The van der Waals surface area contributed by atoms with Crippen molar-refractivity contribution in [2.75, 3.05) is 46.3 Å². The third kappa shape index (κ3) is 11.8. The van der Waals surface area contributed by atoms with Crippen LogP contribution >= 0.6 is 0 Å². The van der Waals surface area contributed by atoms with Gasteiger partial charge in [-0.2, -0.15) is 26.3 Å². The van der Waals surface area contributed by atoms with Crippen molar-refractivity contribution in [3.05, 3.63) is 30.3 Å². The Bertz CT molecular complexity index is 869. The molecule has 33 heavy (non-hydrogen) atoms. The Morgan fingerprint density at radius 1 is 0.758 bits per heavy atom. The fourth-order valence-electron chi connectivity index (χ4n) is 2.36. The minimum absolute atomic E-state index is 0.145. The molecule has 4 rings (SSSR count). The van der Waals surface area contributed by atoms with E-state index in [1.807, 2.05) is 6.07 Å². The third-order valence-electron chi connectivity index (χ3n) is 4.44. The smallest absolute Gasteiger partial charge is 0.485 e. The van der Waals surface area contributed by atoms with Crippen molar-refractivity contribution < 1.29 is 71.1 Å². The number of para-hydroxylation sites is 1. The number of hydrogen-bond donors (Lipinski definition) is 1. The lowest BCUT2D eigenvalue weighted by Crippen LogP contribution is -2.70. The first-order valence-electron chi connectivity index (χ1n) is 8.69. The number of rotatable bonds is 0. The van der Waals surface area contributed by atoms with Crippen LogP contribution in [-0.4, -0.2) is 97.6 Å². The second kappa shape index (κ2) is 11.1. The molecule has 1 N–H and O–H groups in total. The summed E-state index contributed by atoms with van der Waals surface area (Å²) in [6.07, 6.45) is 0. The van der Waals surface area contributed by atoms with E-state index in [2.05, 4.69) is 7.05 Å². The zero-order chi connectivity index (χ0) is 26.4. The molecule has 0 spiro atoms. The van der Waals surface area contributed by atoms with Crippen LogP contribution < -0.4 is 0 Å². The summed E-state index contributed by atoms with van der Waals surface area (Å²) in [6, 6.07) is 8.71. The van der Waals surface area contributed by atoms with Gasteiger partial charge >= 0.3 is 11.0 Å². The van der Waals surface area contributed by atoms with Gasteiger partial charge in [0.05, 0.1) is 7.05 Å². The van der Waals surface area contributed by atoms with Crippen molar-refractivity contribution in [1.82, 2.24) is 0 Å². The molecule has 3 fully saturated rings. The van der Waals surface area contributed by atoms with Gasteiger partial charge < -0.3 is 18.7 Å². The molecule has 194 valence electrons. The molecule has 3 aliphatic heterocycles. The van der Waals surface area contributed by atoms with Crippen LogP contribution in [0.1, 0.15) is 0 Å². The van der Waals surface area contributed by atoms with Crippen LogP contribution in [0.4, 0.5) is 30.8 Å². The molecule has 0 radical (unpaired) electrons. The van der Waals surface area contributed by atoms with E-state index in [4.69, 9.17) is 31.0 Å². The van der Waals surface area contributed by atoms with Crippen LogP contribution in [-0.2, 0) is 20.2 Å².